The molecule has 0 unspecified atom stereocenters. The summed E-state index contributed by atoms with van der Waals surface area (Å²) in [6, 6.07) is 15.5. The van der Waals surface area contributed by atoms with Gasteiger partial charge in [-0.25, -0.2) is 9.78 Å². The third-order valence-corrected chi connectivity index (χ3v) is 5.64. The van der Waals surface area contributed by atoms with Crippen molar-refractivity contribution in [1.82, 2.24) is 15.3 Å². The summed E-state index contributed by atoms with van der Waals surface area (Å²) in [5, 5.41) is 5.85. The van der Waals surface area contributed by atoms with E-state index < -0.39 is 0 Å². The number of anilines is 1. The van der Waals surface area contributed by atoms with Gasteiger partial charge in [0.15, 0.2) is 0 Å². The van der Waals surface area contributed by atoms with Gasteiger partial charge in [-0.2, -0.15) is 0 Å². The Morgan fingerprint density at radius 1 is 0.919 bits per heavy atom. The molecule has 4 aromatic rings. The van der Waals surface area contributed by atoms with Crippen LogP contribution < -0.4 is 35.1 Å². The van der Waals surface area contributed by atoms with Gasteiger partial charge in [-0.15, -0.1) is 0 Å². The number of aromatic amines is 1. The second-order valence-corrected chi connectivity index (χ2v) is 8.08. The molecule has 0 saturated carbocycles. The number of urea groups is 1. The van der Waals surface area contributed by atoms with Crippen molar-refractivity contribution in [2.45, 2.75) is 6.92 Å². The monoisotopic (exact) mass is 504 g/mol. The third-order valence-electron chi connectivity index (χ3n) is 5.64. The van der Waals surface area contributed by atoms with Crippen LogP contribution in [0.4, 0.5) is 10.5 Å². The van der Waals surface area contributed by atoms with Gasteiger partial charge in [-0.1, -0.05) is 0 Å². The molecule has 10 nitrogen and oxygen atoms in total. The highest BCUT2D eigenvalue weighted by atomic mass is 16.5. The van der Waals surface area contributed by atoms with Gasteiger partial charge in [-0.3, -0.25) is 4.79 Å². The molecule has 3 aromatic carbocycles. The number of carbonyl (C=O) groups is 1. The lowest BCUT2D eigenvalue weighted by Crippen LogP contribution is -2.32. The number of aryl methyl sites for hydroxylation is 1. The number of rotatable bonds is 9. The molecule has 0 aliphatic rings. The topological polar surface area (TPSA) is 124 Å². The van der Waals surface area contributed by atoms with E-state index in [1.165, 1.54) is 7.11 Å². The van der Waals surface area contributed by atoms with Gasteiger partial charge >= 0.3 is 6.03 Å². The molecule has 1 aromatic heterocycles. The van der Waals surface area contributed by atoms with Gasteiger partial charge in [0.05, 0.1) is 33.4 Å². The quantitative estimate of drug-likeness (QED) is 0.293. The highest BCUT2D eigenvalue weighted by Gasteiger charge is 2.14. The Kier molecular flexibility index (Phi) is 7.77. The molecular formula is C27H28N4O6. The maximum absolute atomic E-state index is 12.8. The van der Waals surface area contributed by atoms with Gasteiger partial charge in [0, 0.05) is 23.4 Å². The van der Waals surface area contributed by atoms with Crippen LogP contribution in [0.25, 0.3) is 22.3 Å². The summed E-state index contributed by atoms with van der Waals surface area (Å²) in [6.07, 6.45) is 0. The van der Waals surface area contributed by atoms with Crippen molar-refractivity contribution < 1.29 is 23.7 Å². The fraction of sp³-hybridized carbons (Fsp3) is 0.222. The standard InChI is InChI=1S/C27H28N4O6/c1-16-13-17(25-30-21-14-20(35-3)15-23(36-4)24(21)26(32)31-25)5-10-22(16)37-12-11-28-27(33)29-18-6-8-19(34-2)9-7-18/h5-10,13-15H,11-12H2,1-4H3,(H2,28,29,33)(H,30,31,32). The first-order chi connectivity index (χ1) is 17.9. The fourth-order valence-corrected chi connectivity index (χ4v) is 3.76. The van der Waals surface area contributed by atoms with E-state index in [-0.39, 0.29) is 18.2 Å². The molecule has 0 spiro atoms. The fourth-order valence-electron chi connectivity index (χ4n) is 3.76. The number of fused-ring (bicyclic) bond motifs is 1. The summed E-state index contributed by atoms with van der Waals surface area (Å²) >= 11 is 0. The van der Waals surface area contributed by atoms with Crippen LogP contribution in [0.3, 0.4) is 0 Å². The van der Waals surface area contributed by atoms with Crippen LogP contribution in [0.5, 0.6) is 23.0 Å². The normalized spacial score (nSPS) is 10.6. The number of nitrogens with zero attached hydrogens (tertiary/aromatic N) is 1. The number of carbonyl (C=O) groups excluding carboxylic acids is 1. The number of hydrogen-bond donors (Lipinski definition) is 3. The average molecular weight is 505 g/mol. The first-order valence-electron chi connectivity index (χ1n) is 11.5. The number of H-pyrrole nitrogens is 1. The number of methoxy groups -OCH3 is 3. The van der Waals surface area contributed by atoms with E-state index in [0.29, 0.717) is 52.0 Å². The predicted octanol–water partition coefficient (Wildman–Crippen LogP) is 4.12. The van der Waals surface area contributed by atoms with Gasteiger partial charge in [0.2, 0.25) is 0 Å². The Morgan fingerprint density at radius 2 is 1.68 bits per heavy atom. The first-order valence-corrected chi connectivity index (χ1v) is 11.5. The summed E-state index contributed by atoms with van der Waals surface area (Å²) in [5.41, 5.74) is 2.39. The highest BCUT2D eigenvalue weighted by molar-refractivity contribution is 5.89. The van der Waals surface area contributed by atoms with E-state index in [1.54, 1.807) is 56.7 Å². The zero-order chi connectivity index (χ0) is 26.4. The van der Waals surface area contributed by atoms with Crippen molar-refractivity contribution in [2.75, 3.05) is 39.8 Å². The minimum atomic E-state index is -0.333. The highest BCUT2D eigenvalue weighted by Crippen LogP contribution is 2.30. The van der Waals surface area contributed by atoms with Gasteiger partial charge in [0.25, 0.3) is 5.56 Å². The van der Waals surface area contributed by atoms with Crippen molar-refractivity contribution >= 4 is 22.6 Å². The number of ether oxygens (including phenoxy) is 4. The Hall–Kier alpha value is -4.73. The molecule has 2 amide bonds. The van der Waals surface area contributed by atoms with Crippen molar-refractivity contribution in [3.05, 3.63) is 70.5 Å². The molecule has 4 rings (SSSR count). The summed E-state index contributed by atoms with van der Waals surface area (Å²) in [4.78, 5) is 32.3. The van der Waals surface area contributed by atoms with Crippen molar-refractivity contribution in [3.63, 3.8) is 0 Å². The second kappa shape index (κ2) is 11.3. The van der Waals surface area contributed by atoms with E-state index >= 15 is 0 Å². The SMILES string of the molecule is COc1ccc(NC(=O)NCCOc2ccc(-c3nc4cc(OC)cc(OC)c4c(=O)[nH]3)cc2C)cc1. The van der Waals surface area contributed by atoms with E-state index in [0.717, 1.165) is 11.1 Å². The van der Waals surface area contributed by atoms with Crippen LogP contribution in [0.2, 0.25) is 0 Å². The van der Waals surface area contributed by atoms with Crippen molar-refractivity contribution in [3.8, 4) is 34.4 Å². The molecule has 0 fully saturated rings. The average Bonchev–Trinajstić information content (AvgIpc) is 2.91. The summed E-state index contributed by atoms with van der Waals surface area (Å²) in [5.74, 6) is 2.72. The lowest BCUT2D eigenvalue weighted by Gasteiger charge is -2.12. The Labute approximate surface area is 213 Å². The number of aromatic nitrogens is 2. The third kappa shape index (κ3) is 5.92. The lowest BCUT2D eigenvalue weighted by atomic mass is 10.1. The minimum absolute atomic E-state index is 0.279. The molecule has 37 heavy (non-hydrogen) atoms. The van der Waals surface area contributed by atoms with Crippen LogP contribution in [-0.2, 0) is 0 Å². The maximum atomic E-state index is 12.8. The van der Waals surface area contributed by atoms with Crippen LogP contribution in [0, 0.1) is 6.92 Å². The zero-order valence-electron chi connectivity index (χ0n) is 21.0. The first kappa shape index (κ1) is 25.4. The summed E-state index contributed by atoms with van der Waals surface area (Å²) in [6.45, 7) is 2.49. The van der Waals surface area contributed by atoms with Gasteiger partial charge in [0.1, 0.15) is 40.8 Å². The number of hydrogen-bond acceptors (Lipinski definition) is 7. The molecule has 10 heteroatoms. The van der Waals surface area contributed by atoms with E-state index in [4.69, 9.17) is 18.9 Å². The minimum Gasteiger partial charge on any atom is -0.497 e. The molecule has 0 radical (unpaired) electrons. The lowest BCUT2D eigenvalue weighted by molar-refractivity contribution is 0.247. The molecular weight excluding hydrogens is 476 g/mol. The largest absolute Gasteiger partial charge is 0.497 e. The molecule has 0 atom stereocenters. The van der Waals surface area contributed by atoms with Crippen LogP contribution in [0.15, 0.2) is 59.4 Å². The Balaban J connectivity index is 1.39. The molecule has 3 N–H and O–H groups in total. The summed E-state index contributed by atoms with van der Waals surface area (Å²) in [7, 11) is 4.62. The van der Waals surface area contributed by atoms with Crippen LogP contribution >= 0.6 is 0 Å². The number of nitrogens with one attached hydrogen (secondary N) is 3. The predicted molar refractivity (Wildman–Crippen MR) is 141 cm³/mol. The van der Waals surface area contributed by atoms with Gasteiger partial charge < -0.3 is 34.6 Å². The van der Waals surface area contributed by atoms with Crippen molar-refractivity contribution in [2.24, 2.45) is 0 Å². The van der Waals surface area contributed by atoms with Crippen LogP contribution in [0.1, 0.15) is 5.56 Å². The molecule has 0 aliphatic carbocycles. The molecule has 0 bridgehead atoms. The second-order valence-electron chi connectivity index (χ2n) is 8.08. The Bertz CT molecular complexity index is 1470. The van der Waals surface area contributed by atoms with Crippen LogP contribution in [-0.4, -0.2) is 50.5 Å². The number of benzene rings is 3. The Morgan fingerprint density at radius 3 is 2.35 bits per heavy atom. The zero-order valence-corrected chi connectivity index (χ0v) is 21.0. The molecule has 1 heterocycles. The van der Waals surface area contributed by atoms with Crippen molar-refractivity contribution in [1.29, 1.82) is 0 Å². The molecule has 0 saturated heterocycles. The summed E-state index contributed by atoms with van der Waals surface area (Å²) < 4.78 is 21.6. The maximum Gasteiger partial charge on any atom is 0.319 e. The smallest absolute Gasteiger partial charge is 0.319 e. The molecule has 192 valence electrons. The van der Waals surface area contributed by atoms with E-state index in [1.807, 2.05) is 19.1 Å². The van der Waals surface area contributed by atoms with E-state index in [9.17, 15) is 9.59 Å². The van der Waals surface area contributed by atoms with Gasteiger partial charge in [-0.05, 0) is 55.0 Å². The molecule has 0 aliphatic heterocycles. The van der Waals surface area contributed by atoms with E-state index in [2.05, 4.69) is 20.6 Å². The number of amides is 2.